The molecule has 4 rings (SSSR count). The lowest BCUT2D eigenvalue weighted by molar-refractivity contribution is -0.310. The van der Waals surface area contributed by atoms with Crippen molar-refractivity contribution in [2.45, 2.75) is 123 Å². The van der Waals surface area contributed by atoms with Crippen LogP contribution in [0.5, 0.6) is 0 Å². The second-order valence-electron chi connectivity index (χ2n) is 11.2. The normalized spacial score (nSPS) is 53.8. The van der Waals surface area contributed by atoms with E-state index < -0.39 is 129 Å². The van der Waals surface area contributed by atoms with E-state index in [2.05, 4.69) is 0 Å². The van der Waals surface area contributed by atoms with Crippen LogP contribution >= 0.6 is 0 Å². The summed E-state index contributed by atoms with van der Waals surface area (Å²) in [6.07, 6.45) is -20.5. The Morgan fingerprint density at radius 1 is 0.524 bits per heavy atom. The number of nitrogens with two attached hydrogens (primary N) is 5. The van der Waals surface area contributed by atoms with Crippen LogP contribution in [0.1, 0.15) is 6.42 Å². The Kier molecular flexibility index (Phi) is 11.5. The SMILES string of the molecule is NC[C@@H]1O[C@H](O[C@H]2[C@@H](O)[C@@H](O[C@@H]3[C@H](O)[C@H](N)C[C@H](N)[C@@H]3O[C@@H]3O[C@H](CO)[C@H](O)[C@H](O)[C@@H]3N)O[C@H]2CO)[C@H](N)[C@H](O)[C@H]1O. The molecule has 4 fully saturated rings. The highest BCUT2D eigenvalue weighted by atomic mass is 16.8. The Balaban J connectivity index is 1.50. The van der Waals surface area contributed by atoms with Crippen LogP contribution in [0.3, 0.4) is 0 Å². The summed E-state index contributed by atoms with van der Waals surface area (Å²) < 4.78 is 34.4. The molecule has 19 atom stereocenters. The van der Waals surface area contributed by atoms with Crippen LogP contribution in [0, 0.1) is 0 Å². The number of rotatable bonds is 9. The van der Waals surface area contributed by atoms with Gasteiger partial charge in [0.25, 0.3) is 0 Å². The summed E-state index contributed by atoms with van der Waals surface area (Å²) in [6.45, 7) is -1.49. The van der Waals surface area contributed by atoms with Crippen LogP contribution in [0.2, 0.25) is 0 Å². The summed E-state index contributed by atoms with van der Waals surface area (Å²) in [4.78, 5) is 0. The van der Waals surface area contributed by atoms with Crippen molar-refractivity contribution in [1.82, 2.24) is 0 Å². The van der Waals surface area contributed by atoms with E-state index in [1.54, 1.807) is 0 Å². The highest BCUT2D eigenvalue weighted by Crippen LogP contribution is 2.34. The van der Waals surface area contributed by atoms with Gasteiger partial charge in [0.2, 0.25) is 0 Å². The van der Waals surface area contributed by atoms with E-state index in [0.29, 0.717) is 0 Å². The quantitative estimate of drug-likeness (QED) is 0.114. The van der Waals surface area contributed by atoms with Gasteiger partial charge < -0.3 is 97.9 Å². The molecule has 18 N–H and O–H groups in total. The summed E-state index contributed by atoms with van der Waals surface area (Å²) in [5.74, 6) is 0. The maximum absolute atomic E-state index is 11.1. The van der Waals surface area contributed by atoms with Crippen LogP contribution < -0.4 is 28.7 Å². The molecule has 4 aliphatic rings. The Morgan fingerprint density at radius 3 is 1.55 bits per heavy atom. The molecule has 0 amide bonds. The monoisotopic (exact) mass is 615 g/mol. The molecular weight excluding hydrogens is 570 g/mol. The van der Waals surface area contributed by atoms with E-state index >= 15 is 0 Å². The predicted molar refractivity (Wildman–Crippen MR) is 136 cm³/mol. The van der Waals surface area contributed by atoms with Gasteiger partial charge in [-0.05, 0) is 6.42 Å². The maximum Gasteiger partial charge on any atom is 0.187 e. The zero-order chi connectivity index (χ0) is 31.0. The molecule has 0 aromatic rings. The lowest BCUT2D eigenvalue weighted by atomic mass is 9.84. The molecule has 0 spiro atoms. The maximum atomic E-state index is 11.1. The topological polar surface area (TPSA) is 347 Å². The molecule has 19 heteroatoms. The minimum atomic E-state index is -1.62. The van der Waals surface area contributed by atoms with Gasteiger partial charge >= 0.3 is 0 Å². The largest absolute Gasteiger partial charge is 0.394 e. The number of aliphatic hydroxyl groups is 8. The highest BCUT2D eigenvalue weighted by Gasteiger charge is 2.54. The molecule has 0 aromatic carbocycles. The Bertz CT molecular complexity index is 866. The van der Waals surface area contributed by atoms with Crippen molar-refractivity contribution in [2.24, 2.45) is 28.7 Å². The van der Waals surface area contributed by atoms with Gasteiger partial charge in [0.15, 0.2) is 18.9 Å². The standard InChI is InChI=1S/C23H45N5O14/c24-2-7-13(32)15(34)10(27)21(37-7)41-19-9(4-30)39-23(17(19)36)42-20-12(31)5(25)1-6(26)18(20)40-22-11(28)16(35)14(33)8(3-29)38-22/h5-23,29-36H,1-4,24-28H2/t5-,6+,7+,8-,9+,10-,11+,12-,13+,14+,15+,16-,17-,18+,19-,20-,21-,22+,23-/m1/s1. The Hall–Kier alpha value is -0.760. The predicted octanol–water partition coefficient (Wildman–Crippen LogP) is -8.86. The van der Waals surface area contributed by atoms with Gasteiger partial charge in [-0.15, -0.1) is 0 Å². The van der Waals surface area contributed by atoms with E-state index in [4.69, 9.17) is 57.1 Å². The number of hydrogen-bond donors (Lipinski definition) is 13. The van der Waals surface area contributed by atoms with Crippen molar-refractivity contribution in [2.75, 3.05) is 19.8 Å². The number of ether oxygens (including phenoxy) is 6. The van der Waals surface area contributed by atoms with Crippen molar-refractivity contribution >= 4 is 0 Å². The molecule has 0 aromatic heterocycles. The first kappa shape index (κ1) is 34.1. The van der Waals surface area contributed by atoms with Crippen LogP contribution in [0.4, 0.5) is 0 Å². The van der Waals surface area contributed by atoms with Crippen molar-refractivity contribution < 1.29 is 69.3 Å². The Labute approximate surface area is 240 Å². The molecule has 0 radical (unpaired) electrons. The fourth-order valence-electron chi connectivity index (χ4n) is 5.70. The third-order valence-corrected chi connectivity index (χ3v) is 8.32. The number of hydrogen-bond acceptors (Lipinski definition) is 19. The first-order valence-corrected chi connectivity index (χ1v) is 13.8. The zero-order valence-corrected chi connectivity index (χ0v) is 22.7. The van der Waals surface area contributed by atoms with Gasteiger partial charge in [0.05, 0.1) is 31.4 Å². The van der Waals surface area contributed by atoms with Gasteiger partial charge in [0.1, 0.15) is 67.1 Å². The van der Waals surface area contributed by atoms with E-state index in [-0.39, 0.29) is 13.0 Å². The smallest absolute Gasteiger partial charge is 0.187 e. The summed E-state index contributed by atoms with van der Waals surface area (Å²) in [7, 11) is 0. The van der Waals surface area contributed by atoms with Gasteiger partial charge in [-0.25, -0.2) is 0 Å². The van der Waals surface area contributed by atoms with Crippen LogP contribution in [-0.2, 0) is 28.4 Å². The fourth-order valence-corrected chi connectivity index (χ4v) is 5.70. The summed E-state index contributed by atoms with van der Waals surface area (Å²) in [5.41, 5.74) is 29.9. The average molecular weight is 616 g/mol. The molecule has 3 aliphatic heterocycles. The number of aliphatic hydroxyl groups excluding tert-OH is 8. The minimum Gasteiger partial charge on any atom is -0.394 e. The zero-order valence-electron chi connectivity index (χ0n) is 22.7. The van der Waals surface area contributed by atoms with Gasteiger partial charge in [-0.1, -0.05) is 0 Å². The average Bonchev–Trinajstić information content (AvgIpc) is 3.27. The lowest BCUT2D eigenvalue weighted by Gasteiger charge is -2.47. The fraction of sp³-hybridized carbons (Fsp3) is 1.00. The van der Waals surface area contributed by atoms with Crippen LogP contribution in [-0.4, -0.2) is 177 Å². The van der Waals surface area contributed by atoms with Crippen LogP contribution in [0.15, 0.2) is 0 Å². The van der Waals surface area contributed by atoms with Crippen molar-refractivity contribution in [3.63, 3.8) is 0 Å². The van der Waals surface area contributed by atoms with E-state index in [1.807, 2.05) is 0 Å². The van der Waals surface area contributed by atoms with E-state index in [1.165, 1.54) is 0 Å². The van der Waals surface area contributed by atoms with Gasteiger partial charge in [-0.3, -0.25) is 0 Å². The molecule has 1 saturated carbocycles. The molecule has 0 bridgehead atoms. The highest BCUT2D eigenvalue weighted by molar-refractivity contribution is 5.02. The van der Waals surface area contributed by atoms with Crippen molar-refractivity contribution in [3.8, 4) is 0 Å². The molecule has 3 heterocycles. The van der Waals surface area contributed by atoms with E-state index in [0.717, 1.165) is 0 Å². The van der Waals surface area contributed by atoms with Crippen molar-refractivity contribution in [1.29, 1.82) is 0 Å². The molecule has 0 unspecified atom stereocenters. The first-order valence-electron chi connectivity index (χ1n) is 13.8. The molecule has 19 nitrogen and oxygen atoms in total. The molecule has 246 valence electrons. The summed E-state index contributed by atoms with van der Waals surface area (Å²) >= 11 is 0. The van der Waals surface area contributed by atoms with Gasteiger partial charge in [0, 0.05) is 18.6 Å². The second-order valence-corrected chi connectivity index (χ2v) is 11.2. The third kappa shape index (κ3) is 6.60. The van der Waals surface area contributed by atoms with Crippen molar-refractivity contribution in [3.05, 3.63) is 0 Å². The molecule has 3 saturated heterocycles. The third-order valence-electron chi connectivity index (χ3n) is 8.32. The second kappa shape index (κ2) is 14.1. The lowest BCUT2D eigenvalue weighted by Crippen LogP contribution is -2.68. The molecule has 1 aliphatic carbocycles. The van der Waals surface area contributed by atoms with Gasteiger partial charge in [-0.2, -0.15) is 0 Å². The minimum absolute atomic E-state index is 0.0642. The molecular formula is C23H45N5O14. The van der Waals surface area contributed by atoms with E-state index in [9.17, 15) is 40.9 Å². The first-order chi connectivity index (χ1) is 19.8. The summed E-state index contributed by atoms with van der Waals surface area (Å²) in [6, 6.07) is -4.30. The summed E-state index contributed by atoms with van der Waals surface area (Å²) in [5, 5.41) is 82.3. The van der Waals surface area contributed by atoms with Crippen LogP contribution in [0.25, 0.3) is 0 Å². The molecule has 42 heavy (non-hydrogen) atoms. The Morgan fingerprint density at radius 2 is 1.00 bits per heavy atom.